The minimum Gasteiger partial charge on any atom is -0.485 e. The van der Waals surface area contributed by atoms with Crippen molar-refractivity contribution in [2.75, 3.05) is 31.1 Å². The van der Waals surface area contributed by atoms with Crippen LogP contribution in [0.1, 0.15) is 35.5 Å². The average molecular weight is 471 g/mol. The van der Waals surface area contributed by atoms with Gasteiger partial charge < -0.3 is 14.5 Å². The van der Waals surface area contributed by atoms with Crippen LogP contribution in [0, 0.1) is 0 Å². The van der Waals surface area contributed by atoms with Gasteiger partial charge in [-0.1, -0.05) is 36.4 Å². The highest BCUT2D eigenvalue weighted by atomic mass is 16.5. The molecule has 178 valence electrons. The monoisotopic (exact) mass is 470 g/mol. The Morgan fingerprint density at radius 3 is 2.40 bits per heavy atom. The van der Waals surface area contributed by atoms with Gasteiger partial charge in [-0.25, -0.2) is 0 Å². The van der Waals surface area contributed by atoms with E-state index in [0.29, 0.717) is 37.4 Å². The third kappa shape index (κ3) is 4.35. The zero-order chi connectivity index (χ0) is 24.5. The average Bonchev–Trinajstić information content (AvgIpc) is 3.30. The van der Waals surface area contributed by atoms with E-state index in [-0.39, 0.29) is 17.8 Å². The van der Waals surface area contributed by atoms with Crippen molar-refractivity contribution in [2.45, 2.75) is 20.0 Å². The lowest BCUT2D eigenvalue weighted by atomic mass is 10.1. The van der Waals surface area contributed by atoms with Crippen LogP contribution in [0.5, 0.6) is 5.75 Å². The van der Waals surface area contributed by atoms with Crippen LogP contribution in [0.15, 0.2) is 58.1 Å². The second-order valence-electron chi connectivity index (χ2n) is 8.89. The molecule has 1 amide bonds. The Morgan fingerprint density at radius 1 is 0.971 bits per heavy atom. The zero-order valence-corrected chi connectivity index (χ0v) is 19.7. The summed E-state index contributed by atoms with van der Waals surface area (Å²) in [6.07, 6.45) is 3.74. The van der Waals surface area contributed by atoms with E-state index in [1.807, 2.05) is 79.4 Å². The molecule has 0 unspecified atom stereocenters. The summed E-state index contributed by atoms with van der Waals surface area (Å²) in [4.78, 5) is 40.6. The van der Waals surface area contributed by atoms with Gasteiger partial charge in [0.25, 0.3) is 16.8 Å². The Hall–Kier alpha value is -4.20. The van der Waals surface area contributed by atoms with Crippen molar-refractivity contribution in [3.63, 3.8) is 0 Å². The largest absolute Gasteiger partial charge is 0.485 e. The number of piperazine rings is 1. The predicted molar refractivity (Wildman–Crippen MR) is 137 cm³/mol. The molecular weight excluding hydrogens is 444 g/mol. The first-order chi connectivity index (χ1) is 16.9. The van der Waals surface area contributed by atoms with Crippen LogP contribution in [-0.2, 0) is 0 Å². The molecule has 0 bridgehead atoms. The van der Waals surface area contributed by atoms with E-state index in [1.54, 1.807) is 4.90 Å². The highest BCUT2D eigenvalue weighted by Crippen LogP contribution is 2.25. The van der Waals surface area contributed by atoms with Gasteiger partial charge in [0.05, 0.1) is 17.3 Å². The van der Waals surface area contributed by atoms with Crippen LogP contribution in [0.4, 0.5) is 5.69 Å². The Morgan fingerprint density at radius 2 is 1.69 bits per heavy atom. The number of hydrogen-bond donors (Lipinski definition) is 1. The van der Waals surface area contributed by atoms with Crippen molar-refractivity contribution >= 4 is 34.6 Å². The molecule has 3 aromatic carbocycles. The number of carbonyl (C=O) groups is 1. The van der Waals surface area contributed by atoms with Gasteiger partial charge in [-0.15, -0.1) is 0 Å². The maximum absolute atomic E-state index is 13.0. The van der Waals surface area contributed by atoms with Crippen molar-refractivity contribution in [1.82, 2.24) is 15.1 Å². The summed E-state index contributed by atoms with van der Waals surface area (Å²) in [5.74, 6) is 0.0957. The number of benzene rings is 2. The number of anilines is 1. The molecule has 1 aliphatic rings. The second-order valence-corrected chi connectivity index (χ2v) is 8.89. The van der Waals surface area contributed by atoms with Gasteiger partial charge in [0.1, 0.15) is 5.69 Å². The number of aromatic amines is 1. The highest BCUT2D eigenvalue weighted by molar-refractivity contribution is 5.95. The fraction of sp³-hybridized carbons (Fsp3) is 0.259. The number of nitrogens with one attached hydrogen (secondary N) is 1. The lowest BCUT2D eigenvalue weighted by molar-refractivity contribution is 0.0746. The number of hydrogen-bond acceptors (Lipinski definition) is 6. The molecule has 0 atom stereocenters. The molecular formula is C27H26N4O4. The number of para-hydroxylation sites is 1. The summed E-state index contributed by atoms with van der Waals surface area (Å²) in [5, 5.41) is 8.42. The van der Waals surface area contributed by atoms with Gasteiger partial charge in [0.15, 0.2) is 5.75 Å². The molecule has 1 aliphatic heterocycles. The molecule has 1 N–H and O–H groups in total. The number of H-pyrrole nitrogens is 1. The summed E-state index contributed by atoms with van der Waals surface area (Å²) in [5.41, 5.74) is 2.70. The topological polar surface area (TPSA) is 95.6 Å². The van der Waals surface area contributed by atoms with Crippen LogP contribution in [0.25, 0.3) is 23.1 Å². The first-order valence-corrected chi connectivity index (χ1v) is 11.7. The van der Waals surface area contributed by atoms with E-state index >= 15 is 0 Å². The molecule has 0 spiro atoms. The normalized spacial score (nSPS) is 14.5. The minimum atomic E-state index is -0.568. The van der Waals surface area contributed by atoms with E-state index in [4.69, 9.17) is 4.74 Å². The summed E-state index contributed by atoms with van der Waals surface area (Å²) < 4.78 is 5.53. The van der Waals surface area contributed by atoms with E-state index in [0.717, 1.165) is 22.2 Å². The van der Waals surface area contributed by atoms with Gasteiger partial charge in [-0.3, -0.25) is 19.5 Å². The summed E-state index contributed by atoms with van der Waals surface area (Å²) in [6.45, 7) is 5.52. The number of rotatable bonds is 6. The van der Waals surface area contributed by atoms with Gasteiger partial charge >= 0.3 is 0 Å². The molecule has 5 rings (SSSR count). The Bertz CT molecular complexity index is 1470. The van der Waals surface area contributed by atoms with Gasteiger partial charge in [0.2, 0.25) is 0 Å². The Balaban J connectivity index is 1.21. The maximum Gasteiger partial charge on any atom is 0.272 e. The van der Waals surface area contributed by atoms with Crippen molar-refractivity contribution in [3.05, 3.63) is 85.8 Å². The number of carbonyl (C=O) groups excluding carboxylic acids is 1. The second kappa shape index (κ2) is 9.21. The number of aromatic nitrogens is 2. The Labute approximate surface area is 202 Å². The summed E-state index contributed by atoms with van der Waals surface area (Å²) in [6, 6.07) is 15.4. The first-order valence-electron chi connectivity index (χ1n) is 11.7. The molecule has 0 saturated carbocycles. The molecule has 4 aromatic rings. The van der Waals surface area contributed by atoms with E-state index in [2.05, 4.69) is 10.2 Å². The minimum absolute atomic E-state index is 0.0536. The molecule has 35 heavy (non-hydrogen) atoms. The van der Waals surface area contributed by atoms with Crippen molar-refractivity contribution < 1.29 is 9.53 Å². The smallest absolute Gasteiger partial charge is 0.272 e. The summed E-state index contributed by atoms with van der Waals surface area (Å²) >= 11 is 0. The summed E-state index contributed by atoms with van der Waals surface area (Å²) in [7, 11) is 0. The van der Waals surface area contributed by atoms with Crippen molar-refractivity contribution in [3.8, 4) is 5.75 Å². The van der Waals surface area contributed by atoms with Crippen LogP contribution in [0.2, 0.25) is 0 Å². The standard InChI is InChI=1S/C27H26N4O4/c1-17(2)35-26-23(24(32)25(26)33)30-13-15-31(16-14-30)27(34)19-10-7-18(8-11-19)9-12-22-20-5-3-4-6-21(20)28-29-22/h3-12,17H,13-16H2,1-2H3,(H,28,29)/b12-9+. The molecule has 1 aromatic heterocycles. The fourth-order valence-electron chi connectivity index (χ4n) is 4.33. The molecule has 1 saturated heterocycles. The fourth-order valence-corrected chi connectivity index (χ4v) is 4.33. The third-order valence-corrected chi connectivity index (χ3v) is 6.17. The van der Waals surface area contributed by atoms with Crippen molar-refractivity contribution in [2.24, 2.45) is 0 Å². The van der Waals surface area contributed by atoms with Crippen LogP contribution >= 0.6 is 0 Å². The van der Waals surface area contributed by atoms with E-state index in [1.165, 1.54) is 0 Å². The highest BCUT2D eigenvalue weighted by Gasteiger charge is 2.31. The lowest BCUT2D eigenvalue weighted by Gasteiger charge is -2.37. The molecule has 8 heteroatoms. The first kappa shape index (κ1) is 22.6. The van der Waals surface area contributed by atoms with Gasteiger partial charge in [0, 0.05) is 37.1 Å². The third-order valence-electron chi connectivity index (χ3n) is 6.17. The SMILES string of the molecule is CC(C)Oc1c(N2CCN(C(=O)c3ccc(/C=C/c4n[nH]c5ccccc45)cc3)CC2)c(=O)c1=O. The predicted octanol–water partition coefficient (Wildman–Crippen LogP) is 3.08. The number of ether oxygens (including phenoxy) is 1. The van der Waals surface area contributed by atoms with Gasteiger partial charge in [-0.05, 0) is 43.7 Å². The number of fused-ring (bicyclic) bond motifs is 1. The van der Waals surface area contributed by atoms with Crippen molar-refractivity contribution in [1.29, 1.82) is 0 Å². The van der Waals surface area contributed by atoms with Gasteiger partial charge in [-0.2, -0.15) is 5.10 Å². The maximum atomic E-state index is 13.0. The van der Waals surface area contributed by atoms with Crippen LogP contribution < -0.4 is 20.5 Å². The molecule has 0 radical (unpaired) electrons. The van der Waals surface area contributed by atoms with E-state index in [9.17, 15) is 14.4 Å². The van der Waals surface area contributed by atoms with Crippen LogP contribution in [0.3, 0.4) is 0 Å². The number of amides is 1. The molecule has 8 nitrogen and oxygen atoms in total. The number of nitrogens with zero attached hydrogens (tertiary/aromatic N) is 3. The Kier molecular flexibility index (Phi) is 5.94. The molecule has 1 fully saturated rings. The lowest BCUT2D eigenvalue weighted by Crippen LogP contribution is -2.52. The molecule has 0 aliphatic carbocycles. The van der Waals surface area contributed by atoms with E-state index < -0.39 is 10.9 Å². The molecule has 2 heterocycles. The quantitative estimate of drug-likeness (QED) is 0.435. The van der Waals surface area contributed by atoms with Crippen LogP contribution in [-0.4, -0.2) is 53.3 Å². The zero-order valence-electron chi connectivity index (χ0n) is 19.7.